The second-order valence-electron chi connectivity index (χ2n) is 10.2. The van der Waals surface area contributed by atoms with Gasteiger partial charge in [-0.3, -0.25) is 14.6 Å². The third-order valence-electron chi connectivity index (χ3n) is 6.82. The van der Waals surface area contributed by atoms with E-state index in [1.807, 2.05) is 13.8 Å². The van der Waals surface area contributed by atoms with Crippen molar-refractivity contribution in [2.75, 3.05) is 37.4 Å². The van der Waals surface area contributed by atoms with E-state index in [4.69, 9.17) is 9.47 Å². The molecule has 11 nitrogen and oxygen atoms in total. The van der Waals surface area contributed by atoms with E-state index in [1.54, 1.807) is 24.0 Å². The number of nitrogens with zero attached hydrogens (tertiary/aromatic N) is 5. The summed E-state index contributed by atoms with van der Waals surface area (Å²) < 4.78 is 52.9. The molecule has 1 saturated heterocycles. The number of hydrogen-bond acceptors (Lipinski definition) is 11. The first-order chi connectivity index (χ1) is 19.9. The third kappa shape index (κ3) is 7.50. The van der Waals surface area contributed by atoms with Crippen LogP contribution in [0.25, 0.3) is 0 Å². The first-order valence-corrected chi connectivity index (χ1v) is 14.0. The molecule has 0 bridgehead atoms. The van der Waals surface area contributed by atoms with Gasteiger partial charge in [-0.05, 0) is 64.3 Å². The highest BCUT2D eigenvalue weighted by Gasteiger charge is 2.46. The van der Waals surface area contributed by atoms with E-state index in [1.165, 1.54) is 25.7 Å². The van der Waals surface area contributed by atoms with Gasteiger partial charge in [-0.2, -0.15) is 17.5 Å². The van der Waals surface area contributed by atoms with Crippen LogP contribution in [0.15, 0.2) is 30.7 Å². The molecule has 1 aliphatic rings. The maximum Gasteiger partial charge on any atom is 0.390 e. The molecule has 15 heteroatoms. The molecule has 0 aliphatic carbocycles. The highest BCUT2D eigenvalue weighted by molar-refractivity contribution is 7.10. The topological polar surface area (TPSA) is 131 Å². The first-order valence-electron chi connectivity index (χ1n) is 13.3. The molecule has 0 atom stereocenters. The van der Waals surface area contributed by atoms with E-state index in [-0.39, 0.29) is 38.6 Å². The maximum absolute atomic E-state index is 13.1. The van der Waals surface area contributed by atoms with Crippen LogP contribution in [-0.4, -0.2) is 75.1 Å². The highest BCUT2D eigenvalue weighted by Crippen LogP contribution is 2.37. The number of methoxy groups -OCH3 is 1. The summed E-state index contributed by atoms with van der Waals surface area (Å²) in [6.07, 6.45) is -0.304. The fourth-order valence-electron chi connectivity index (χ4n) is 4.64. The van der Waals surface area contributed by atoms with E-state index >= 15 is 0 Å². The number of rotatable bonds is 10. The minimum atomic E-state index is -4.24. The number of esters is 1. The second-order valence-corrected chi connectivity index (χ2v) is 10.9. The SMILES string of the molecule is COC(=O)C1(c2cnc(Nc3snc(C)c3C(=O)Nc3ccc(OC(C)C)nc3)cn2)CCN(CCC(F)(F)F)CC1. The Labute approximate surface area is 245 Å². The van der Waals surface area contributed by atoms with Crippen LogP contribution < -0.4 is 15.4 Å². The van der Waals surface area contributed by atoms with Gasteiger partial charge in [0, 0.05) is 12.6 Å². The number of anilines is 3. The average molecular weight is 608 g/mol. The zero-order chi connectivity index (χ0) is 30.5. The minimum Gasteiger partial charge on any atom is -0.475 e. The van der Waals surface area contributed by atoms with Gasteiger partial charge in [0.2, 0.25) is 5.88 Å². The van der Waals surface area contributed by atoms with Gasteiger partial charge in [-0.25, -0.2) is 9.97 Å². The number of halogens is 3. The number of aromatic nitrogens is 4. The number of hydrogen-bond donors (Lipinski definition) is 2. The van der Waals surface area contributed by atoms with Crippen molar-refractivity contribution in [3.8, 4) is 5.88 Å². The molecule has 0 aromatic carbocycles. The van der Waals surface area contributed by atoms with E-state index in [0.29, 0.717) is 39.3 Å². The number of likely N-dealkylation sites (tertiary alicyclic amines) is 1. The molecule has 0 spiro atoms. The van der Waals surface area contributed by atoms with Crippen molar-refractivity contribution in [1.82, 2.24) is 24.2 Å². The molecule has 226 valence electrons. The Morgan fingerprint density at radius 3 is 2.43 bits per heavy atom. The molecule has 1 aliphatic heterocycles. The number of nitrogens with one attached hydrogen (secondary N) is 2. The lowest BCUT2D eigenvalue weighted by atomic mass is 9.75. The van der Waals surface area contributed by atoms with Crippen LogP contribution in [0.3, 0.4) is 0 Å². The van der Waals surface area contributed by atoms with Gasteiger partial charge in [0.25, 0.3) is 5.91 Å². The standard InChI is InChI=1S/C27H32F3N7O4S/c1-16(2)41-21-6-5-18(13-33-21)34-23(38)22-17(3)36-42-24(22)35-20-15-31-19(14-32-20)26(25(39)40-4)7-10-37(11-8-26)12-9-27(28,29)30/h5-6,13-16H,7-12H2,1-4H3,(H,32,35)(H,34,38). The number of aryl methyl sites for hydroxylation is 1. The van der Waals surface area contributed by atoms with Crippen molar-refractivity contribution in [3.05, 3.63) is 47.7 Å². The monoisotopic (exact) mass is 607 g/mol. The number of amides is 1. The molecule has 2 N–H and O–H groups in total. The summed E-state index contributed by atoms with van der Waals surface area (Å²) in [4.78, 5) is 40.7. The summed E-state index contributed by atoms with van der Waals surface area (Å²) in [7, 11) is 1.27. The number of carbonyl (C=O) groups is 2. The van der Waals surface area contributed by atoms with Crippen molar-refractivity contribution in [3.63, 3.8) is 0 Å². The summed E-state index contributed by atoms with van der Waals surface area (Å²) in [5, 5.41) is 6.32. The number of piperidine rings is 1. The predicted molar refractivity (Wildman–Crippen MR) is 150 cm³/mol. The van der Waals surface area contributed by atoms with Crippen LogP contribution in [0.2, 0.25) is 0 Å². The molecule has 4 rings (SSSR count). The van der Waals surface area contributed by atoms with Crippen LogP contribution in [0.1, 0.15) is 54.9 Å². The van der Waals surface area contributed by atoms with Crippen LogP contribution in [-0.2, 0) is 14.9 Å². The Bertz CT molecular complexity index is 1370. The van der Waals surface area contributed by atoms with Crippen LogP contribution in [0.4, 0.5) is 29.7 Å². The Kier molecular flexibility index (Phi) is 9.61. The zero-order valence-corrected chi connectivity index (χ0v) is 24.4. The Morgan fingerprint density at radius 1 is 1.12 bits per heavy atom. The zero-order valence-electron chi connectivity index (χ0n) is 23.6. The second kappa shape index (κ2) is 13.0. The van der Waals surface area contributed by atoms with E-state index in [2.05, 4.69) is 30.0 Å². The quantitative estimate of drug-likeness (QED) is 0.308. The van der Waals surface area contributed by atoms with Crippen molar-refractivity contribution in [2.24, 2.45) is 0 Å². The van der Waals surface area contributed by atoms with Crippen molar-refractivity contribution in [1.29, 1.82) is 0 Å². The largest absolute Gasteiger partial charge is 0.475 e. The van der Waals surface area contributed by atoms with Gasteiger partial charge in [0.1, 0.15) is 16.2 Å². The lowest BCUT2D eigenvalue weighted by Crippen LogP contribution is -2.48. The minimum absolute atomic E-state index is 0.0288. The van der Waals surface area contributed by atoms with E-state index in [9.17, 15) is 22.8 Å². The fourth-order valence-corrected chi connectivity index (χ4v) is 5.44. The molecule has 0 saturated carbocycles. The molecule has 3 aromatic heterocycles. The van der Waals surface area contributed by atoms with Crippen LogP contribution in [0.5, 0.6) is 5.88 Å². The fraction of sp³-hybridized carbons (Fsp3) is 0.481. The molecular weight excluding hydrogens is 575 g/mol. The van der Waals surface area contributed by atoms with Crippen molar-refractivity contribution < 1.29 is 32.2 Å². The number of pyridine rings is 1. The Balaban J connectivity index is 1.45. The molecule has 42 heavy (non-hydrogen) atoms. The van der Waals surface area contributed by atoms with E-state index < -0.39 is 29.9 Å². The lowest BCUT2D eigenvalue weighted by Gasteiger charge is -2.39. The van der Waals surface area contributed by atoms with E-state index in [0.717, 1.165) is 11.5 Å². The lowest BCUT2D eigenvalue weighted by molar-refractivity contribution is -0.151. The third-order valence-corrected chi connectivity index (χ3v) is 7.68. The molecule has 0 radical (unpaired) electrons. The smallest absolute Gasteiger partial charge is 0.390 e. The van der Waals surface area contributed by atoms with Crippen molar-refractivity contribution >= 4 is 39.9 Å². The molecule has 1 amide bonds. The maximum atomic E-state index is 13.1. The summed E-state index contributed by atoms with van der Waals surface area (Å²) in [5.41, 5.74) is 0.565. The molecule has 4 heterocycles. The number of carbonyl (C=O) groups excluding carboxylic acids is 2. The average Bonchev–Trinajstić information content (AvgIpc) is 3.32. The first kappa shape index (κ1) is 31.1. The van der Waals surface area contributed by atoms with Gasteiger partial charge in [-0.15, -0.1) is 0 Å². The summed E-state index contributed by atoms with van der Waals surface area (Å²) >= 11 is 1.08. The number of ether oxygens (including phenoxy) is 2. The Morgan fingerprint density at radius 2 is 1.86 bits per heavy atom. The molecular formula is C27H32F3N7O4S. The molecule has 0 unspecified atom stereocenters. The Hall–Kier alpha value is -3.85. The van der Waals surface area contributed by atoms with Gasteiger partial charge in [0.05, 0.1) is 60.9 Å². The molecule has 3 aromatic rings. The predicted octanol–water partition coefficient (Wildman–Crippen LogP) is 4.88. The highest BCUT2D eigenvalue weighted by atomic mass is 32.1. The number of alkyl halides is 3. The van der Waals surface area contributed by atoms with Gasteiger partial charge < -0.3 is 25.0 Å². The summed E-state index contributed by atoms with van der Waals surface area (Å²) in [6.45, 7) is 5.94. The van der Waals surface area contributed by atoms with Gasteiger partial charge in [-0.1, -0.05) is 0 Å². The van der Waals surface area contributed by atoms with Crippen LogP contribution in [0, 0.1) is 6.92 Å². The van der Waals surface area contributed by atoms with Gasteiger partial charge in [0.15, 0.2) is 0 Å². The summed E-state index contributed by atoms with van der Waals surface area (Å²) in [5.74, 6) is -0.143. The van der Waals surface area contributed by atoms with Crippen molar-refractivity contribution in [2.45, 2.75) is 57.7 Å². The van der Waals surface area contributed by atoms with Gasteiger partial charge >= 0.3 is 12.1 Å². The van der Waals surface area contributed by atoms with Crippen LogP contribution >= 0.6 is 11.5 Å². The molecule has 1 fully saturated rings. The summed E-state index contributed by atoms with van der Waals surface area (Å²) in [6, 6.07) is 3.35. The normalized spacial score (nSPS) is 15.3.